The number of halogens is 1. The van der Waals surface area contributed by atoms with Crippen LogP contribution in [0.3, 0.4) is 0 Å². The van der Waals surface area contributed by atoms with Gasteiger partial charge in [0.25, 0.3) is 0 Å². The number of hydrogen-bond donors (Lipinski definition) is 2. The molecule has 1 amide bonds. The van der Waals surface area contributed by atoms with Crippen LogP contribution < -0.4 is 11.1 Å². The summed E-state index contributed by atoms with van der Waals surface area (Å²) in [6.45, 7) is 3.88. The Hall–Kier alpha value is -1.65. The Kier molecular flexibility index (Phi) is 5.15. The van der Waals surface area contributed by atoms with Crippen molar-refractivity contribution in [2.45, 2.75) is 18.7 Å². The molecule has 0 aromatic heterocycles. The summed E-state index contributed by atoms with van der Waals surface area (Å²) in [5.41, 5.74) is 9.30. The number of nitrogen functional groups attached to an aromatic ring is 1. The van der Waals surface area contributed by atoms with Crippen molar-refractivity contribution in [2.24, 2.45) is 0 Å². The van der Waals surface area contributed by atoms with Crippen molar-refractivity contribution in [1.82, 2.24) is 0 Å². The predicted octanol–water partition coefficient (Wildman–Crippen LogP) is 4.27. The van der Waals surface area contributed by atoms with E-state index in [1.165, 1.54) is 11.8 Å². The zero-order chi connectivity index (χ0) is 15.4. The van der Waals surface area contributed by atoms with Crippen molar-refractivity contribution in [2.75, 3.05) is 16.8 Å². The van der Waals surface area contributed by atoms with Gasteiger partial charge in [0.1, 0.15) is 0 Å². The van der Waals surface area contributed by atoms with Crippen molar-refractivity contribution in [3.63, 3.8) is 0 Å². The Morgan fingerprint density at radius 1 is 1.29 bits per heavy atom. The lowest BCUT2D eigenvalue weighted by Gasteiger charge is -2.09. The van der Waals surface area contributed by atoms with Crippen molar-refractivity contribution in [3.8, 4) is 0 Å². The predicted molar refractivity (Wildman–Crippen MR) is 91.1 cm³/mol. The van der Waals surface area contributed by atoms with Crippen molar-refractivity contribution in [1.29, 1.82) is 0 Å². The van der Waals surface area contributed by atoms with E-state index >= 15 is 0 Å². The molecule has 3 N–H and O–H groups in total. The minimum Gasteiger partial charge on any atom is -0.398 e. The first-order chi connectivity index (χ1) is 9.97. The summed E-state index contributed by atoms with van der Waals surface area (Å²) < 4.78 is 0. The molecular formula is C16H17ClN2OS. The highest BCUT2D eigenvalue weighted by molar-refractivity contribution is 8.00. The van der Waals surface area contributed by atoms with E-state index in [-0.39, 0.29) is 5.91 Å². The quantitative estimate of drug-likeness (QED) is 0.653. The smallest absolute Gasteiger partial charge is 0.234 e. The summed E-state index contributed by atoms with van der Waals surface area (Å²) in [6.07, 6.45) is 0. The lowest BCUT2D eigenvalue weighted by Crippen LogP contribution is -2.14. The molecule has 0 spiro atoms. The van der Waals surface area contributed by atoms with Gasteiger partial charge in [0.05, 0.1) is 5.75 Å². The maximum Gasteiger partial charge on any atom is 0.234 e. The largest absolute Gasteiger partial charge is 0.398 e. The maximum absolute atomic E-state index is 12.0. The highest BCUT2D eigenvalue weighted by atomic mass is 35.5. The van der Waals surface area contributed by atoms with Crippen LogP contribution in [0.1, 0.15) is 11.1 Å². The van der Waals surface area contributed by atoms with Crippen LogP contribution in [0, 0.1) is 13.8 Å². The number of hydrogen-bond acceptors (Lipinski definition) is 3. The molecule has 0 bridgehead atoms. The minimum absolute atomic E-state index is 0.0678. The SMILES string of the molecule is Cc1ccc(NC(=O)CSc2cccc(N)c2C)cc1Cl. The van der Waals surface area contributed by atoms with Gasteiger partial charge in [-0.2, -0.15) is 0 Å². The molecule has 2 rings (SSSR count). The van der Waals surface area contributed by atoms with Gasteiger partial charge in [-0.25, -0.2) is 0 Å². The fourth-order valence-corrected chi connectivity index (χ4v) is 2.85. The van der Waals surface area contributed by atoms with E-state index in [1.807, 2.05) is 44.2 Å². The number of aryl methyl sites for hydroxylation is 1. The Morgan fingerprint density at radius 3 is 2.76 bits per heavy atom. The number of thioether (sulfide) groups is 1. The van der Waals surface area contributed by atoms with Crippen molar-refractivity contribution >= 4 is 40.6 Å². The molecule has 110 valence electrons. The molecule has 0 aliphatic rings. The summed E-state index contributed by atoms with van der Waals surface area (Å²) >= 11 is 7.51. The molecular weight excluding hydrogens is 304 g/mol. The normalized spacial score (nSPS) is 10.4. The second-order valence-corrected chi connectivity index (χ2v) is 6.20. The number of nitrogens with one attached hydrogen (secondary N) is 1. The molecule has 0 radical (unpaired) electrons. The molecule has 3 nitrogen and oxygen atoms in total. The second kappa shape index (κ2) is 6.87. The fraction of sp³-hybridized carbons (Fsp3) is 0.188. The maximum atomic E-state index is 12.0. The van der Waals surface area contributed by atoms with E-state index in [9.17, 15) is 4.79 Å². The van der Waals surface area contributed by atoms with E-state index in [0.29, 0.717) is 16.5 Å². The first kappa shape index (κ1) is 15.7. The number of carbonyl (C=O) groups excluding carboxylic acids is 1. The highest BCUT2D eigenvalue weighted by Gasteiger charge is 2.07. The summed E-state index contributed by atoms with van der Waals surface area (Å²) in [7, 11) is 0. The third kappa shape index (κ3) is 4.16. The average Bonchev–Trinajstić information content (AvgIpc) is 2.44. The molecule has 5 heteroatoms. The van der Waals surface area contributed by atoms with Gasteiger partial charge in [-0.1, -0.05) is 23.7 Å². The van der Waals surface area contributed by atoms with Gasteiger partial charge < -0.3 is 11.1 Å². The van der Waals surface area contributed by atoms with Crippen LogP contribution in [0.2, 0.25) is 5.02 Å². The van der Waals surface area contributed by atoms with Gasteiger partial charge in [-0.05, 0) is 49.2 Å². The monoisotopic (exact) mass is 320 g/mol. The van der Waals surface area contributed by atoms with Crippen LogP contribution in [-0.4, -0.2) is 11.7 Å². The van der Waals surface area contributed by atoms with Gasteiger partial charge >= 0.3 is 0 Å². The topological polar surface area (TPSA) is 55.1 Å². The lowest BCUT2D eigenvalue weighted by atomic mass is 10.2. The average molecular weight is 321 g/mol. The Morgan fingerprint density at radius 2 is 2.05 bits per heavy atom. The molecule has 0 saturated carbocycles. The van der Waals surface area contributed by atoms with Gasteiger partial charge in [0, 0.05) is 21.3 Å². The Balaban J connectivity index is 1.96. The highest BCUT2D eigenvalue weighted by Crippen LogP contribution is 2.26. The number of anilines is 2. The first-order valence-corrected chi connectivity index (χ1v) is 7.87. The van der Waals surface area contributed by atoms with Gasteiger partial charge in [-0.3, -0.25) is 4.79 Å². The zero-order valence-corrected chi connectivity index (χ0v) is 13.5. The number of benzene rings is 2. The molecule has 2 aromatic carbocycles. The van der Waals surface area contributed by atoms with Crippen molar-refractivity contribution < 1.29 is 4.79 Å². The molecule has 21 heavy (non-hydrogen) atoms. The first-order valence-electron chi connectivity index (χ1n) is 6.51. The third-order valence-electron chi connectivity index (χ3n) is 3.14. The van der Waals surface area contributed by atoms with E-state index in [0.717, 1.165) is 21.7 Å². The van der Waals surface area contributed by atoms with Gasteiger partial charge in [0.15, 0.2) is 0 Å². The number of carbonyl (C=O) groups is 1. The van der Waals surface area contributed by atoms with Gasteiger partial charge in [-0.15, -0.1) is 11.8 Å². The van der Waals surface area contributed by atoms with Crippen LogP contribution >= 0.6 is 23.4 Å². The molecule has 0 atom stereocenters. The summed E-state index contributed by atoms with van der Waals surface area (Å²) in [4.78, 5) is 13.0. The van der Waals surface area contributed by atoms with Crippen molar-refractivity contribution in [3.05, 3.63) is 52.5 Å². The molecule has 0 fully saturated rings. The third-order valence-corrected chi connectivity index (χ3v) is 4.71. The number of nitrogens with two attached hydrogens (primary N) is 1. The summed E-state index contributed by atoms with van der Waals surface area (Å²) in [5.74, 6) is 0.261. The molecule has 0 saturated heterocycles. The van der Waals surface area contributed by atoms with Crippen LogP contribution in [-0.2, 0) is 4.79 Å². The summed E-state index contributed by atoms with van der Waals surface area (Å²) in [5, 5.41) is 3.48. The summed E-state index contributed by atoms with van der Waals surface area (Å²) in [6, 6.07) is 11.2. The fourth-order valence-electron chi connectivity index (χ4n) is 1.80. The zero-order valence-electron chi connectivity index (χ0n) is 11.9. The van der Waals surface area contributed by atoms with Crippen LogP contribution in [0.15, 0.2) is 41.3 Å². The Bertz CT molecular complexity index is 673. The second-order valence-electron chi connectivity index (χ2n) is 4.77. The van der Waals surface area contributed by atoms with E-state index in [2.05, 4.69) is 5.32 Å². The van der Waals surface area contributed by atoms with Crippen LogP contribution in [0.4, 0.5) is 11.4 Å². The molecule has 0 heterocycles. The standard InChI is InChI=1S/C16H17ClN2OS/c1-10-6-7-12(8-13(10)17)19-16(20)9-21-15-5-3-4-14(18)11(15)2/h3-8H,9,18H2,1-2H3,(H,19,20). The van der Waals surface area contributed by atoms with Crippen LogP contribution in [0.25, 0.3) is 0 Å². The number of amides is 1. The molecule has 0 aliphatic carbocycles. The molecule has 0 aliphatic heterocycles. The van der Waals surface area contributed by atoms with E-state index in [4.69, 9.17) is 17.3 Å². The lowest BCUT2D eigenvalue weighted by molar-refractivity contribution is -0.113. The van der Waals surface area contributed by atoms with E-state index in [1.54, 1.807) is 6.07 Å². The number of rotatable bonds is 4. The Labute approximate surface area is 133 Å². The molecule has 0 unspecified atom stereocenters. The van der Waals surface area contributed by atoms with E-state index < -0.39 is 0 Å². The minimum atomic E-state index is -0.0678. The van der Waals surface area contributed by atoms with Gasteiger partial charge in [0.2, 0.25) is 5.91 Å². The van der Waals surface area contributed by atoms with Crippen LogP contribution in [0.5, 0.6) is 0 Å². The molecule has 2 aromatic rings.